The van der Waals surface area contributed by atoms with Gasteiger partial charge in [0.1, 0.15) is 5.75 Å². The molecule has 0 aliphatic rings. The van der Waals surface area contributed by atoms with Gasteiger partial charge in [-0.25, -0.2) is 0 Å². The van der Waals surface area contributed by atoms with Crippen molar-refractivity contribution in [2.24, 2.45) is 0 Å². The Balaban J connectivity index is 2.00. The van der Waals surface area contributed by atoms with Crippen LogP contribution in [0, 0.1) is 0 Å². The number of benzene rings is 2. The largest absolute Gasteiger partial charge is 0.484 e. The molecule has 1 unspecified atom stereocenters. The van der Waals surface area contributed by atoms with Crippen LogP contribution in [0.3, 0.4) is 0 Å². The van der Waals surface area contributed by atoms with E-state index in [1.54, 1.807) is 14.1 Å². The molecule has 1 N–H and O–H groups in total. The summed E-state index contributed by atoms with van der Waals surface area (Å²) >= 11 is 0. The molecule has 2 rings (SSSR count). The number of nitrogens with one attached hydrogen (secondary N) is 1. The summed E-state index contributed by atoms with van der Waals surface area (Å²) in [6.45, 7) is 2.15. The van der Waals surface area contributed by atoms with Crippen molar-refractivity contribution >= 4 is 11.6 Å². The highest BCUT2D eigenvalue weighted by atomic mass is 16.5. The van der Waals surface area contributed by atoms with Crippen molar-refractivity contribution in [3.05, 3.63) is 60.2 Å². The quantitative estimate of drug-likeness (QED) is 0.889. The smallest absolute Gasteiger partial charge is 0.259 e. The van der Waals surface area contributed by atoms with Gasteiger partial charge < -0.3 is 15.0 Å². The Morgan fingerprint density at radius 2 is 1.86 bits per heavy atom. The van der Waals surface area contributed by atoms with Crippen LogP contribution in [0.5, 0.6) is 5.75 Å². The molecule has 0 radical (unpaired) electrons. The number of carbonyl (C=O) groups is 1. The van der Waals surface area contributed by atoms with Crippen LogP contribution in [0.2, 0.25) is 0 Å². The molecule has 0 saturated heterocycles. The summed E-state index contributed by atoms with van der Waals surface area (Å²) < 4.78 is 5.55. The lowest BCUT2D eigenvalue weighted by Crippen LogP contribution is -2.27. The van der Waals surface area contributed by atoms with Gasteiger partial charge in [0.15, 0.2) is 6.61 Å². The van der Waals surface area contributed by atoms with E-state index in [-0.39, 0.29) is 18.6 Å². The summed E-state index contributed by atoms with van der Waals surface area (Å²) in [4.78, 5) is 13.1. The second kappa shape index (κ2) is 7.50. The number of hydrogen-bond donors (Lipinski definition) is 1. The lowest BCUT2D eigenvalue weighted by molar-refractivity contribution is -0.130. The van der Waals surface area contributed by atoms with E-state index < -0.39 is 0 Å². The van der Waals surface area contributed by atoms with Crippen molar-refractivity contribution in [2.75, 3.05) is 26.0 Å². The molecule has 0 aliphatic carbocycles. The highest BCUT2D eigenvalue weighted by molar-refractivity contribution is 5.77. The first-order valence-corrected chi connectivity index (χ1v) is 7.31. The average molecular weight is 298 g/mol. The lowest BCUT2D eigenvalue weighted by atomic mass is 10.1. The molecule has 116 valence electrons. The summed E-state index contributed by atoms with van der Waals surface area (Å²) in [5.41, 5.74) is 2.18. The second-order valence-electron chi connectivity index (χ2n) is 5.38. The Hall–Kier alpha value is -2.49. The van der Waals surface area contributed by atoms with E-state index in [0.29, 0.717) is 5.75 Å². The molecule has 2 aromatic carbocycles. The monoisotopic (exact) mass is 298 g/mol. The summed E-state index contributed by atoms with van der Waals surface area (Å²) in [6, 6.07) is 18.0. The molecule has 4 nitrogen and oxygen atoms in total. The third-order valence-corrected chi connectivity index (χ3v) is 3.38. The van der Waals surface area contributed by atoms with Gasteiger partial charge in [-0.1, -0.05) is 30.3 Å². The Morgan fingerprint density at radius 3 is 2.55 bits per heavy atom. The van der Waals surface area contributed by atoms with Crippen molar-refractivity contribution in [3.63, 3.8) is 0 Å². The number of hydrogen-bond acceptors (Lipinski definition) is 3. The highest BCUT2D eigenvalue weighted by Crippen LogP contribution is 2.22. The number of anilines is 1. The van der Waals surface area contributed by atoms with Crippen LogP contribution in [0.1, 0.15) is 18.5 Å². The molecule has 0 saturated carbocycles. The standard InChI is InChI=1S/C18H22N2O2/c1-14(19-16-9-5-4-6-10-16)15-8-7-11-17(12-15)22-13-18(21)20(2)3/h4-12,14,19H,13H2,1-3H3. The molecule has 0 aromatic heterocycles. The number of rotatable bonds is 6. The molecule has 1 amide bonds. The highest BCUT2D eigenvalue weighted by Gasteiger charge is 2.08. The predicted molar refractivity (Wildman–Crippen MR) is 89.1 cm³/mol. The van der Waals surface area contributed by atoms with E-state index in [0.717, 1.165) is 11.3 Å². The van der Waals surface area contributed by atoms with Gasteiger partial charge in [0.25, 0.3) is 5.91 Å². The van der Waals surface area contributed by atoms with E-state index >= 15 is 0 Å². The summed E-state index contributed by atoms with van der Waals surface area (Å²) in [5.74, 6) is 0.648. The van der Waals surface area contributed by atoms with E-state index in [1.165, 1.54) is 4.90 Å². The number of ether oxygens (including phenoxy) is 1. The zero-order chi connectivity index (χ0) is 15.9. The van der Waals surface area contributed by atoms with Crippen molar-refractivity contribution < 1.29 is 9.53 Å². The maximum atomic E-state index is 11.6. The van der Waals surface area contributed by atoms with Crippen molar-refractivity contribution in [1.82, 2.24) is 4.90 Å². The van der Waals surface area contributed by atoms with E-state index in [2.05, 4.69) is 12.2 Å². The minimum atomic E-state index is -0.0548. The Labute approximate surface area is 131 Å². The fourth-order valence-corrected chi connectivity index (χ4v) is 2.02. The normalized spacial score (nSPS) is 11.6. The van der Waals surface area contributed by atoms with Gasteiger partial charge in [0, 0.05) is 25.8 Å². The van der Waals surface area contributed by atoms with E-state index in [4.69, 9.17) is 4.74 Å². The maximum Gasteiger partial charge on any atom is 0.259 e. The predicted octanol–water partition coefficient (Wildman–Crippen LogP) is 3.33. The van der Waals surface area contributed by atoms with Gasteiger partial charge in [0.2, 0.25) is 0 Å². The number of nitrogens with zero attached hydrogens (tertiary/aromatic N) is 1. The topological polar surface area (TPSA) is 41.6 Å². The van der Waals surface area contributed by atoms with Crippen LogP contribution < -0.4 is 10.1 Å². The van der Waals surface area contributed by atoms with E-state index in [9.17, 15) is 4.79 Å². The molecule has 0 fully saturated rings. The van der Waals surface area contributed by atoms with Crippen LogP contribution in [0.25, 0.3) is 0 Å². The van der Waals surface area contributed by atoms with Crippen molar-refractivity contribution in [2.45, 2.75) is 13.0 Å². The van der Waals surface area contributed by atoms with Crippen LogP contribution in [0.15, 0.2) is 54.6 Å². The zero-order valence-electron chi connectivity index (χ0n) is 13.2. The zero-order valence-corrected chi connectivity index (χ0v) is 13.2. The Kier molecular flexibility index (Phi) is 5.42. The maximum absolute atomic E-state index is 11.6. The molecule has 2 aromatic rings. The number of carbonyl (C=O) groups excluding carboxylic acids is 1. The number of para-hydroxylation sites is 1. The van der Waals surface area contributed by atoms with Gasteiger partial charge in [-0.3, -0.25) is 4.79 Å². The molecule has 0 aliphatic heterocycles. The number of likely N-dealkylation sites (N-methyl/N-ethyl adjacent to an activating group) is 1. The molecule has 0 heterocycles. The summed E-state index contributed by atoms with van der Waals surface area (Å²) in [7, 11) is 3.43. The van der Waals surface area contributed by atoms with Gasteiger partial charge >= 0.3 is 0 Å². The summed E-state index contributed by atoms with van der Waals surface area (Å²) in [5, 5.41) is 3.44. The average Bonchev–Trinajstić information content (AvgIpc) is 2.53. The lowest BCUT2D eigenvalue weighted by Gasteiger charge is -2.17. The van der Waals surface area contributed by atoms with Gasteiger partial charge in [-0.2, -0.15) is 0 Å². The van der Waals surface area contributed by atoms with Gasteiger partial charge in [-0.05, 0) is 36.8 Å². The van der Waals surface area contributed by atoms with Crippen LogP contribution in [-0.4, -0.2) is 31.5 Å². The minimum absolute atomic E-state index is 0.0525. The van der Waals surface area contributed by atoms with E-state index in [1.807, 2.05) is 54.6 Å². The minimum Gasteiger partial charge on any atom is -0.484 e. The molecule has 0 bridgehead atoms. The second-order valence-corrected chi connectivity index (χ2v) is 5.38. The van der Waals surface area contributed by atoms with Gasteiger partial charge in [-0.15, -0.1) is 0 Å². The first-order chi connectivity index (χ1) is 10.6. The van der Waals surface area contributed by atoms with Gasteiger partial charge in [0.05, 0.1) is 0 Å². The third-order valence-electron chi connectivity index (χ3n) is 3.38. The number of amides is 1. The summed E-state index contributed by atoms with van der Waals surface area (Å²) in [6.07, 6.45) is 0. The Bertz CT molecular complexity index is 611. The molecular weight excluding hydrogens is 276 g/mol. The molecule has 22 heavy (non-hydrogen) atoms. The fourth-order valence-electron chi connectivity index (χ4n) is 2.02. The molecule has 0 spiro atoms. The fraction of sp³-hybridized carbons (Fsp3) is 0.278. The first kappa shape index (κ1) is 15.9. The van der Waals surface area contributed by atoms with Crippen LogP contribution in [0.4, 0.5) is 5.69 Å². The van der Waals surface area contributed by atoms with Crippen molar-refractivity contribution in [3.8, 4) is 5.75 Å². The molecule has 1 atom stereocenters. The Morgan fingerprint density at radius 1 is 1.14 bits per heavy atom. The van der Waals surface area contributed by atoms with Crippen LogP contribution in [-0.2, 0) is 4.79 Å². The van der Waals surface area contributed by atoms with Crippen molar-refractivity contribution in [1.29, 1.82) is 0 Å². The first-order valence-electron chi connectivity index (χ1n) is 7.31. The molecule has 4 heteroatoms. The third kappa shape index (κ3) is 4.52. The van der Waals surface area contributed by atoms with Crippen LogP contribution >= 0.6 is 0 Å². The SMILES string of the molecule is CC(Nc1ccccc1)c1cccc(OCC(=O)N(C)C)c1. The molecular formula is C18H22N2O2.